The van der Waals surface area contributed by atoms with Gasteiger partial charge in [0.25, 0.3) is 0 Å². The maximum Gasteiger partial charge on any atom is 0.329 e. The van der Waals surface area contributed by atoms with Crippen molar-refractivity contribution in [3.63, 3.8) is 0 Å². The van der Waals surface area contributed by atoms with Gasteiger partial charge in [0.2, 0.25) is 0 Å². The van der Waals surface area contributed by atoms with Gasteiger partial charge in [-0.3, -0.25) is 13.5 Å². The molecule has 0 unspecified atom stereocenters. The molecule has 0 fully saturated rings. The first kappa shape index (κ1) is 11.5. The van der Waals surface area contributed by atoms with Crippen LogP contribution in [-0.4, -0.2) is 18.5 Å². The van der Waals surface area contributed by atoms with Gasteiger partial charge in [-0.2, -0.15) is 0 Å². The largest absolute Gasteiger partial charge is 0.329 e. The van der Waals surface area contributed by atoms with E-state index in [2.05, 4.69) is 4.98 Å². The Morgan fingerprint density at radius 3 is 2.85 bits per heavy atom. The molecule has 20 heavy (non-hydrogen) atoms. The summed E-state index contributed by atoms with van der Waals surface area (Å²) in [5.74, 6) is 0. The summed E-state index contributed by atoms with van der Waals surface area (Å²) in [5.41, 5.74) is 2.77. The van der Waals surface area contributed by atoms with Crippen LogP contribution >= 0.6 is 11.3 Å². The Balaban J connectivity index is 1.88. The van der Waals surface area contributed by atoms with Crippen LogP contribution in [0.5, 0.6) is 0 Å². The number of rotatable bonds is 2. The second-order valence-corrected chi connectivity index (χ2v) is 5.61. The van der Waals surface area contributed by atoms with Gasteiger partial charge in [-0.1, -0.05) is 12.1 Å². The maximum atomic E-state index is 12.3. The van der Waals surface area contributed by atoms with Crippen molar-refractivity contribution in [2.75, 3.05) is 0 Å². The summed E-state index contributed by atoms with van der Waals surface area (Å²) in [4.78, 5) is 17.8. The number of nitrogens with zero attached hydrogens (tertiary/aromatic N) is 4. The first-order chi connectivity index (χ1) is 9.74. The zero-order valence-corrected chi connectivity index (χ0v) is 11.7. The van der Waals surface area contributed by atoms with Gasteiger partial charge in [0.1, 0.15) is 0 Å². The Labute approximate surface area is 118 Å². The molecule has 5 nitrogen and oxygen atoms in total. The number of fused-ring (bicyclic) bond motifs is 2. The van der Waals surface area contributed by atoms with E-state index in [9.17, 15) is 4.79 Å². The van der Waals surface area contributed by atoms with Crippen LogP contribution in [0.4, 0.5) is 0 Å². The average Bonchev–Trinajstić information content (AvgIpc) is 3.09. The van der Waals surface area contributed by atoms with Crippen molar-refractivity contribution in [2.45, 2.75) is 6.54 Å². The van der Waals surface area contributed by atoms with Crippen LogP contribution in [0.15, 0.2) is 46.8 Å². The van der Waals surface area contributed by atoms with Gasteiger partial charge < -0.3 is 0 Å². The minimum Gasteiger partial charge on any atom is -0.297 e. The number of aryl methyl sites for hydroxylation is 1. The van der Waals surface area contributed by atoms with Crippen molar-refractivity contribution in [2.24, 2.45) is 7.05 Å². The van der Waals surface area contributed by atoms with Crippen LogP contribution in [0.2, 0.25) is 0 Å². The van der Waals surface area contributed by atoms with Gasteiger partial charge in [0.15, 0.2) is 4.96 Å². The molecular weight excluding hydrogens is 272 g/mol. The molecule has 1 aromatic carbocycles. The van der Waals surface area contributed by atoms with Crippen LogP contribution in [0.1, 0.15) is 5.69 Å². The third-order valence-corrected chi connectivity index (χ3v) is 4.29. The highest BCUT2D eigenvalue weighted by molar-refractivity contribution is 7.15. The lowest BCUT2D eigenvalue weighted by atomic mass is 10.3. The van der Waals surface area contributed by atoms with Gasteiger partial charge in [0, 0.05) is 24.8 Å². The summed E-state index contributed by atoms with van der Waals surface area (Å²) in [7, 11) is 1.80. The van der Waals surface area contributed by atoms with E-state index in [4.69, 9.17) is 0 Å². The lowest BCUT2D eigenvalue weighted by molar-refractivity contribution is 0.725. The second-order valence-electron chi connectivity index (χ2n) is 4.74. The summed E-state index contributed by atoms with van der Waals surface area (Å²) in [5, 5.41) is 2.00. The lowest BCUT2D eigenvalue weighted by Crippen LogP contribution is -2.22. The zero-order valence-electron chi connectivity index (χ0n) is 10.9. The second kappa shape index (κ2) is 4.08. The van der Waals surface area contributed by atoms with E-state index < -0.39 is 0 Å². The Morgan fingerprint density at radius 1 is 1.25 bits per heavy atom. The van der Waals surface area contributed by atoms with Crippen molar-refractivity contribution < 1.29 is 0 Å². The number of imidazole rings is 2. The molecule has 0 saturated heterocycles. The quantitative estimate of drug-likeness (QED) is 0.566. The van der Waals surface area contributed by atoms with E-state index in [1.54, 1.807) is 27.5 Å². The predicted octanol–water partition coefficient (Wildman–Crippen LogP) is 2.10. The molecule has 0 aliphatic carbocycles. The van der Waals surface area contributed by atoms with Crippen molar-refractivity contribution in [3.8, 4) is 0 Å². The molecule has 0 spiro atoms. The monoisotopic (exact) mass is 284 g/mol. The average molecular weight is 284 g/mol. The highest BCUT2D eigenvalue weighted by atomic mass is 32.1. The zero-order chi connectivity index (χ0) is 13.7. The molecule has 0 bridgehead atoms. The van der Waals surface area contributed by atoms with E-state index >= 15 is 0 Å². The Hall–Kier alpha value is -2.34. The first-order valence-corrected chi connectivity index (χ1v) is 7.17. The van der Waals surface area contributed by atoms with Crippen molar-refractivity contribution in [1.82, 2.24) is 18.5 Å². The maximum absolute atomic E-state index is 12.3. The molecule has 0 amide bonds. The number of hydrogen-bond donors (Lipinski definition) is 0. The van der Waals surface area contributed by atoms with Crippen LogP contribution in [0, 0.1) is 0 Å². The van der Waals surface area contributed by atoms with Gasteiger partial charge >= 0.3 is 5.69 Å². The number of aromatic nitrogens is 4. The summed E-state index contributed by atoms with van der Waals surface area (Å²) in [6.45, 7) is 0.495. The van der Waals surface area contributed by atoms with Crippen LogP contribution < -0.4 is 5.69 Å². The SMILES string of the molecule is Cn1c(=O)n(Cc2cn3ccsc3n2)c2ccccc21. The molecule has 0 N–H and O–H groups in total. The van der Waals surface area contributed by atoms with Crippen LogP contribution in [-0.2, 0) is 13.6 Å². The minimum atomic E-state index is -0.0115. The van der Waals surface area contributed by atoms with E-state index in [1.165, 1.54) is 0 Å². The molecule has 6 heteroatoms. The summed E-state index contributed by atoms with van der Waals surface area (Å²) in [6, 6.07) is 7.82. The summed E-state index contributed by atoms with van der Waals surface area (Å²) in [6.07, 6.45) is 3.95. The number of benzene rings is 1. The van der Waals surface area contributed by atoms with Crippen LogP contribution in [0.25, 0.3) is 16.0 Å². The van der Waals surface area contributed by atoms with E-state index in [1.807, 2.05) is 46.4 Å². The molecule has 0 aliphatic rings. The number of para-hydroxylation sites is 2. The Morgan fingerprint density at radius 2 is 2.05 bits per heavy atom. The molecule has 4 aromatic rings. The van der Waals surface area contributed by atoms with E-state index in [0.717, 1.165) is 21.7 Å². The standard InChI is InChI=1S/C14H12N4OS/c1-16-11-4-2-3-5-12(11)18(14(16)19)9-10-8-17-6-7-20-13(17)15-10/h2-8H,9H2,1H3. The molecule has 3 aromatic heterocycles. The van der Waals surface area contributed by atoms with Gasteiger partial charge in [-0.25, -0.2) is 9.78 Å². The normalized spacial score (nSPS) is 11.7. The van der Waals surface area contributed by atoms with Gasteiger partial charge in [-0.05, 0) is 12.1 Å². The molecule has 4 rings (SSSR count). The lowest BCUT2D eigenvalue weighted by Gasteiger charge is -1.99. The molecule has 0 radical (unpaired) electrons. The molecule has 3 heterocycles. The minimum absolute atomic E-state index is 0.0115. The third kappa shape index (κ3) is 1.55. The highest BCUT2D eigenvalue weighted by Crippen LogP contribution is 2.15. The molecule has 0 atom stereocenters. The number of hydrogen-bond acceptors (Lipinski definition) is 3. The third-order valence-electron chi connectivity index (χ3n) is 3.51. The fraction of sp³-hybridized carbons (Fsp3) is 0.143. The molecular formula is C14H12N4OS. The molecule has 100 valence electrons. The van der Waals surface area contributed by atoms with Gasteiger partial charge in [-0.15, -0.1) is 11.3 Å². The van der Waals surface area contributed by atoms with Crippen molar-refractivity contribution in [1.29, 1.82) is 0 Å². The fourth-order valence-corrected chi connectivity index (χ4v) is 3.25. The highest BCUT2D eigenvalue weighted by Gasteiger charge is 2.12. The fourth-order valence-electron chi connectivity index (χ4n) is 2.53. The first-order valence-electron chi connectivity index (χ1n) is 6.29. The van der Waals surface area contributed by atoms with E-state index in [0.29, 0.717) is 6.54 Å². The Kier molecular flexibility index (Phi) is 2.34. The van der Waals surface area contributed by atoms with Gasteiger partial charge in [0.05, 0.1) is 23.3 Å². The topological polar surface area (TPSA) is 44.2 Å². The van der Waals surface area contributed by atoms with Crippen LogP contribution in [0.3, 0.4) is 0 Å². The summed E-state index contributed by atoms with van der Waals surface area (Å²) >= 11 is 1.59. The number of thiazole rings is 1. The predicted molar refractivity (Wildman–Crippen MR) is 79.4 cm³/mol. The van der Waals surface area contributed by atoms with Crippen molar-refractivity contribution >= 4 is 27.3 Å². The smallest absolute Gasteiger partial charge is 0.297 e. The van der Waals surface area contributed by atoms with E-state index in [-0.39, 0.29) is 5.69 Å². The Bertz CT molecular complexity index is 943. The summed E-state index contributed by atoms with van der Waals surface area (Å²) < 4.78 is 5.42. The molecule has 0 aliphatic heterocycles. The molecule has 0 saturated carbocycles. The van der Waals surface area contributed by atoms with Crippen molar-refractivity contribution in [3.05, 3.63) is 58.2 Å².